The Morgan fingerprint density at radius 1 is 1.41 bits per heavy atom. The third-order valence-electron chi connectivity index (χ3n) is 2.49. The number of nitrogens with one attached hydrogen (secondary N) is 1. The lowest BCUT2D eigenvalue weighted by atomic mass is 10.2. The van der Waals surface area contributed by atoms with Gasteiger partial charge in [0.15, 0.2) is 6.10 Å². The molecule has 1 N–H and O–H groups in total. The Hall–Kier alpha value is -2.41. The maximum atomic E-state index is 11.9. The Balaban J connectivity index is 2.74. The van der Waals surface area contributed by atoms with Gasteiger partial charge in [0, 0.05) is 18.2 Å². The quantitative estimate of drug-likeness (QED) is 0.388. The molecule has 1 aromatic carbocycles. The number of allylic oxidation sites excluding steroid dienone is 1. The molecule has 1 aromatic rings. The van der Waals surface area contributed by atoms with Crippen LogP contribution in [-0.4, -0.2) is 22.9 Å². The third kappa shape index (κ3) is 5.17. The molecule has 8 heteroatoms. The van der Waals surface area contributed by atoms with E-state index in [4.69, 9.17) is 16.3 Å². The van der Waals surface area contributed by atoms with Crippen LogP contribution < -0.4 is 5.32 Å². The van der Waals surface area contributed by atoms with E-state index in [1.54, 1.807) is 13.8 Å². The van der Waals surface area contributed by atoms with E-state index < -0.39 is 22.9 Å². The van der Waals surface area contributed by atoms with E-state index >= 15 is 0 Å². The van der Waals surface area contributed by atoms with Gasteiger partial charge in [-0.3, -0.25) is 14.9 Å². The fraction of sp³-hybridized carbons (Fsp3) is 0.286. The van der Waals surface area contributed by atoms with E-state index in [0.29, 0.717) is 0 Å². The first-order valence-electron chi connectivity index (χ1n) is 6.31. The third-order valence-corrected chi connectivity index (χ3v) is 2.80. The normalized spacial score (nSPS) is 11.3. The lowest BCUT2D eigenvalue weighted by molar-refractivity contribution is -0.384. The van der Waals surface area contributed by atoms with Crippen molar-refractivity contribution in [2.45, 2.75) is 26.9 Å². The van der Waals surface area contributed by atoms with Gasteiger partial charge in [0.1, 0.15) is 0 Å². The monoisotopic (exact) mass is 326 g/mol. The number of anilines is 1. The molecule has 0 aliphatic heterocycles. The molecular formula is C14H15ClN2O5. The lowest BCUT2D eigenvalue weighted by Gasteiger charge is -2.13. The van der Waals surface area contributed by atoms with Crippen LogP contribution in [-0.2, 0) is 14.3 Å². The minimum Gasteiger partial charge on any atom is -0.449 e. The zero-order chi connectivity index (χ0) is 16.9. The minimum atomic E-state index is -1.03. The fourth-order valence-corrected chi connectivity index (χ4v) is 1.67. The number of nitro benzene ring substituents is 1. The first-order chi connectivity index (χ1) is 10.2. The number of nitro groups is 1. The summed E-state index contributed by atoms with van der Waals surface area (Å²) >= 11 is 5.86. The molecule has 0 saturated heterocycles. The van der Waals surface area contributed by atoms with Crippen LogP contribution >= 0.6 is 11.6 Å². The summed E-state index contributed by atoms with van der Waals surface area (Å²) in [7, 11) is 0. The maximum Gasteiger partial charge on any atom is 0.331 e. The number of ether oxygens (including phenoxy) is 1. The van der Waals surface area contributed by atoms with Crippen LogP contribution in [0.25, 0.3) is 0 Å². The van der Waals surface area contributed by atoms with E-state index in [-0.39, 0.29) is 16.4 Å². The number of nitrogens with zero attached hydrogens (tertiary/aromatic N) is 1. The van der Waals surface area contributed by atoms with Crippen molar-refractivity contribution in [3.63, 3.8) is 0 Å². The molecule has 0 unspecified atom stereocenters. The van der Waals surface area contributed by atoms with Crippen LogP contribution in [0.3, 0.4) is 0 Å². The molecule has 0 aliphatic carbocycles. The smallest absolute Gasteiger partial charge is 0.331 e. The predicted molar refractivity (Wildman–Crippen MR) is 81.7 cm³/mol. The lowest BCUT2D eigenvalue weighted by Crippen LogP contribution is -2.29. The molecule has 1 atom stereocenters. The molecule has 0 heterocycles. The van der Waals surface area contributed by atoms with Crippen molar-refractivity contribution in [2.75, 3.05) is 5.32 Å². The van der Waals surface area contributed by atoms with Crippen molar-refractivity contribution >= 4 is 34.9 Å². The van der Waals surface area contributed by atoms with Crippen molar-refractivity contribution < 1.29 is 19.2 Å². The van der Waals surface area contributed by atoms with Crippen molar-refractivity contribution in [3.05, 3.63) is 45.0 Å². The summed E-state index contributed by atoms with van der Waals surface area (Å²) in [5.41, 5.74) is 0.754. The van der Waals surface area contributed by atoms with Gasteiger partial charge in [0.05, 0.1) is 15.6 Å². The molecule has 0 aliphatic rings. The summed E-state index contributed by atoms with van der Waals surface area (Å²) in [6.45, 7) is 4.86. The summed E-state index contributed by atoms with van der Waals surface area (Å²) in [4.78, 5) is 33.3. The first-order valence-corrected chi connectivity index (χ1v) is 6.69. The van der Waals surface area contributed by atoms with Gasteiger partial charge < -0.3 is 10.1 Å². The Bertz CT molecular complexity index is 638. The molecular weight excluding hydrogens is 312 g/mol. The molecule has 0 spiro atoms. The summed E-state index contributed by atoms with van der Waals surface area (Å²) < 4.78 is 4.92. The van der Waals surface area contributed by atoms with E-state index in [2.05, 4.69) is 5.32 Å². The molecule has 0 radical (unpaired) electrons. The molecule has 22 heavy (non-hydrogen) atoms. The number of amides is 1. The molecule has 1 amide bonds. The highest BCUT2D eigenvalue weighted by Crippen LogP contribution is 2.26. The van der Waals surface area contributed by atoms with Gasteiger partial charge in [-0.1, -0.05) is 17.2 Å². The van der Waals surface area contributed by atoms with Crippen LogP contribution in [0.15, 0.2) is 29.8 Å². The zero-order valence-corrected chi connectivity index (χ0v) is 13.0. The van der Waals surface area contributed by atoms with Gasteiger partial charge in [-0.2, -0.15) is 0 Å². The predicted octanol–water partition coefficient (Wildman–Crippen LogP) is 3.08. The average molecular weight is 327 g/mol. The van der Waals surface area contributed by atoms with E-state index in [0.717, 1.165) is 11.6 Å². The van der Waals surface area contributed by atoms with Gasteiger partial charge in [-0.25, -0.2) is 4.79 Å². The highest BCUT2D eigenvalue weighted by molar-refractivity contribution is 6.34. The Labute approximate surface area is 132 Å². The molecule has 0 aromatic heterocycles. The molecule has 0 bridgehead atoms. The summed E-state index contributed by atoms with van der Waals surface area (Å²) in [6.07, 6.45) is 0.234. The van der Waals surface area contributed by atoms with Crippen LogP contribution in [0.4, 0.5) is 11.4 Å². The van der Waals surface area contributed by atoms with Gasteiger partial charge in [-0.05, 0) is 26.8 Å². The van der Waals surface area contributed by atoms with Crippen molar-refractivity contribution in [3.8, 4) is 0 Å². The van der Waals surface area contributed by atoms with Crippen molar-refractivity contribution in [1.29, 1.82) is 0 Å². The average Bonchev–Trinajstić information content (AvgIpc) is 2.39. The minimum absolute atomic E-state index is 0.0189. The van der Waals surface area contributed by atoms with E-state index in [9.17, 15) is 19.7 Å². The van der Waals surface area contributed by atoms with Gasteiger partial charge >= 0.3 is 5.97 Å². The van der Waals surface area contributed by atoms with Crippen LogP contribution in [0.5, 0.6) is 0 Å². The number of halogens is 1. The van der Waals surface area contributed by atoms with Crippen LogP contribution in [0.2, 0.25) is 5.02 Å². The number of carbonyl (C=O) groups excluding carboxylic acids is 2. The highest BCUT2D eigenvalue weighted by atomic mass is 35.5. The molecule has 0 fully saturated rings. The van der Waals surface area contributed by atoms with Crippen LogP contribution in [0, 0.1) is 10.1 Å². The number of hydrogen-bond donors (Lipinski definition) is 1. The maximum absolute atomic E-state index is 11.9. The van der Waals surface area contributed by atoms with E-state index in [1.807, 2.05) is 0 Å². The number of non-ortho nitro benzene ring substituents is 1. The zero-order valence-electron chi connectivity index (χ0n) is 12.3. The second kappa shape index (κ2) is 7.56. The largest absolute Gasteiger partial charge is 0.449 e. The van der Waals surface area contributed by atoms with Gasteiger partial charge in [0.2, 0.25) is 0 Å². The Morgan fingerprint density at radius 3 is 2.55 bits per heavy atom. The number of esters is 1. The number of rotatable bonds is 5. The summed E-state index contributed by atoms with van der Waals surface area (Å²) in [5, 5.41) is 13.1. The van der Waals surface area contributed by atoms with Crippen molar-refractivity contribution in [1.82, 2.24) is 0 Å². The van der Waals surface area contributed by atoms with E-state index in [1.165, 1.54) is 25.1 Å². The molecule has 0 saturated carbocycles. The fourth-order valence-electron chi connectivity index (χ4n) is 1.45. The number of carbonyl (C=O) groups is 2. The van der Waals surface area contributed by atoms with Gasteiger partial charge in [-0.15, -0.1) is 0 Å². The SMILES string of the molecule is CC(C)=CC(=O)O[C@@H](C)C(=O)Nc1ccc([N+](=O)[O-])cc1Cl. The molecule has 7 nitrogen and oxygen atoms in total. The first kappa shape index (κ1) is 17.6. The second-order valence-corrected chi connectivity index (χ2v) is 5.12. The number of hydrogen-bond acceptors (Lipinski definition) is 5. The standard InChI is InChI=1S/C14H15ClN2O5/c1-8(2)6-13(18)22-9(3)14(19)16-12-5-4-10(17(20)21)7-11(12)15/h4-7,9H,1-3H3,(H,16,19)/t9-/m0/s1. The Kier molecular flexibility index (Phi) is 6.06. The number of benzene rings is 1. The Morgan fingerprint density at radius 2 is 2.05 bits per heavy atom. The molecule has 1 rings (SSSR count). The van der Waals surface area contributed by atoms with Gasteiger partial charge in [0.25, 0.3) is 11.6 Å². The summed E-state index contributed by atoms with van der Waals surface area (Å²) in [5.74, 6) is -1.22. The summed E-state index contributed by atoms with van der Waals surface area (Å²) in [6, 6.07) is 3.64. The van der Waals surface area contributed by atoms with Crippen molar-refractivity contribution in [2.24, 2.45) is 0 Å². The highest BCUT2D eigenvalue weighted by Gasteiger charge is 2.18. The second-order valence-electron chi connectivity index (χ2n) is 4.71. The van der Waals surface area contributed by atoms with Crippen LogP contribution in [0.1, 0.15) is 20.8 Å². The topological polar surface area (TPSA) is 98.5 Å². The molecule has 118 valence electrons.